The molecule has 86 valence electrons. The second-order valence-electron chi connectivity index (χ2n) is 4.44. The first kappa shape index (κ1) is 10.1. The van der Waals surface area contributed by atoms with Crippen LogP contribution < -0.4 is 5.01 Å². The molecule has 1 aromatic heterocycles. The van der Waals surface area contributed by atoms with Crippen LogP contribution in [-0.4, -0.2) is 16.6 Å². The van der Waals surface area contributed by atoms with Gasteiger partial charge in [-0.3, -0.25) is 4.79 Å². The number of hydrazone groups is 1. The van der Waals surface area contributed by atoms with Crippen molar-refractivity contribution in [3.05, 3.63) is 30.0 Å². The van der Waals surface area contributed by atoms with Gasteiger partial charge in [0.05, 0.1) is 12.1 Å². The lowest BCUT2D eigenvalue weighted by molar-refractivity contribution is -0.116. The number of aromatic nitrogens is 1. The highest BCUT2D eigenvalue weighted by Crippen LogP contribution is 2.25. The molecule has 1 amide bonds. The topological polar surface area (TPSA) is 48.5 Å². The van der Waals surface area contributed by atoms with Crippen molar-refractivity contribution < 1.29 is 4.79 Å². The van der Waals surface area contributed by atoms with Gasteiger partial charge in [0.25, 0.3) is 5.91 Å². The minimum atomic E-state index is 0.0325. The zero-order valence-corrected chi connectivity index (χ0v) is 9.82. The number of nitrogens with one attached hydrogen (secondary N) is 1. The Kier molecular flexibility index (Phi) is 2.04. The number of H-pyrrole nitrogens is 1. The van der Waals surface area contributed by atoms with Crippen molar-refractivity contribution in [1.29, 1.82) is 0 Å². The monoisotopic (exact) mass is 227 g/mol. The molecule has 0 bridgehead atoms. The number of amides is 1. The molecule has 2 aromatic rings. The summed E-state index contributed by atoms with van der Waals surface area (Å²) in [6, 6.07) is 7.97. The van der Waals surface area contributed by atoms with Gasteiger partial charge in [-0.1, -0.05) is 6.07 Å². The fraction of sp³-hybridized carbons (Fsp3) is 0.231. The van der Waals surface area contributed by atoms with E-state index in [9.17, 15) is 4.79 Å². The van der Waals surface area contributed by atoms with E-state index in [-0.39, 0.29) is 5.91 Å². The van der Waals surface area contributed by atoms with Crippen molar-refractivity contribution in [2.24, 2.45) is 5.10 Å². The Balaban J connectivity index is 2.09. The molecule has 0 unspecified atom stereocenters. The molecule has 0 radical (unpaired) electrons. The van der Waals surface area contributed by atoms with E-state index >= 15 is 0 Å². The van der Waals surface area contributed by atoms with E-state index in [1.54, 1.807) is 0 Å². The van der Waals surface area contributed by atoms with E-state index in [1.165, 1.54) is 5.01 Å². The quantitative estimate of drug-likeness (QED) is 0.799. The third-order valence-corrected chi connectivity index (χ3v) is 2.90. The summed E-state index contributed by atoms with van der Waals surface area (Å²) in [4.78, 5) is 15.0. The van der Waals surface area contributed by atoms with Gasteiger partial charge in [-0.05, 0) is 37.4 Å². The maximum atomic E-state index is 11.7. The molecule has 1 N–H and O–H groups in total. The van der Waals surface area contributed by atoms with Gasteiger partial charge in [-0.25, -0.2) is 5.01 Å². The minimum absolute atomic E-state index is 0.0325. The molecule has 0 aliphatic carbocycles. The molecule has 1 aliphatic rings. The molecule has 1 aliphatic heterocycles. The maximum Gasteiger partial charge on any atom is 0.253 e. The summed E-state index contributed by atoms with van der Waals surface area (Å²) in [5.41, 5.74) is 3.83. The predicted molar refractivity (Wildman–Crippen MR) is 68.2 cm³/mol. The van der Waals surface area contributed by atoms with Crippen molar-refractivity contribution in [3.8, 4) is 0 Å². The van der Waals surface area contributed by atoms with Gasteiger partial charge in [-0.15, -0.1) is 0 Å². The summed E-state index contributed by atoms with van der Waals surface area (Å²) in [5.74, 6) is 0.0325. The van der Waals surface area contributed by atoms with Crippen LogP contribution in [0.25, 0.3) is 10.9 Å². The van der Waals surface area contributed by atoms with Crippen molar-refractivity contribution in [3.63, 3.8) is 0 Å². The van der Waals surface area contributed by atoms with Gasteiger partial charge in [0.2, 0.25) is 0 Å². The summed E-state index contributed by atoms with van der Waals surface area (Å²) in [6.07, 6.45) is 0.418. The molecule has 0 fully saturated rings. The number of rotatable bonds is 1. The molecule has 0 saturated heterocycles. The fourth-order valence-corrected chi connectivity index (χ4v) is 2.15. The summed E-state index contributed by atoms with van der Waals surface area (Å²) >= 11 is 0. The Bertz CT molecular complexity index is 639. The number of aromatic amines is 1. The number of nitrogens with zero attached hydrogens (tertiary/aromatic N) is 2. The summed E-state index contributed by atoms with van der Waals surface area (Å²) in [7, 11) is 0. The number of anilines is 1. The first-order chi connectivity index (χ1) is 8.13. The molecular weight excluding hydrogens is 214 g/mol. The highest BCUT2D eigenvalue weighted by atomic mass is 16.2. The van der Waals surface area contributed by atoms with E-state index < -0.39 is 0 Å². The van der Waals surface area contributed by atoms with E-state index in [4.69, 9.17) is 0 Å². The van der Waals surface area contributed by atoms with Crippen LogP contribution in [0.2, 0.25) is 0 Å². The summed E-state index contributed by atoms with van der Waals surface area (Å²) in [6.45, 7) is 3.89. The SMILES string of the molecule is CC1=NN(c2ccc3cc(C)[nH]c3c2)C(=O)C1. The lowest BCUT2D eigenvalue weighted by atomic mass is 10.2. The van der Waals surface area contributed by atoms with Crippen LogP contribution in [0.15, 0.2) is 29.4 Å². The van der Waals surface area contributed by atoms with Gasteiger partial charge < -0.3 is 4.98 Å². The van der Waals surface area contributed by atoms with E-state index in [2.05, 4.69) is 16.2 Å². The molecule has 17 heavy (non-hydrogen) atoms. The number of fused-ring (bicyclic) bond motifs is 1. The Morgan fingerprint density at radius 3 is 2.82 bits per heavy atom. The number of carbonyl (C=O) groups is 1. The van der Waals surface area contributed by atoms with Crippen LogP contribution in [0.4, 0.5) is 5.69 Å². The van der Waals surface area contributed by atoms with Crippen LogP contribution in [0.1, 0.15) is 19.0 Å². The molecule has 4 nitrogen and oxygen atoms in total. The Morgan fingerprint density at radius 1 is 1.29 bits per heavy atom. The second-order valence-corrected chi connectivity index (χ2v) is 4.44. The smallest absolute Gasteiger partial charge is 0.253 e. The lowest BCUT2D eigenvalue weighted by Crippen LogP contribution is -2.19. The maximum absolute atomic E-state index is 11.7. The fourth-order valence-electron chi connectivity index (χ4n) is 2.15. The van der Waals surface area contributed by atoms with E-state index in [1.807, 2.05) is 32.0 Å². The average Bonchev–Trinajstić information content (AvgIpc) is 2.78. The van der Waals surface area contributed by atoms with E-state index in [0.717, 1.165) is 28.0 Å². The third kappa shape index (κ3) is 1.62. The summed E-state index contributed by atoms with van der Waals surface area (Å²) < 4.78 is 0. The Hall–Kier alpha value is -2.10. The Morgan fingerprint density at radius 2 is 2.12 bits per heavy atom. The van der Waals surface area contributed by atoms with Crippen LogP contribution in [0, 0.1) is 6.92 Å². The number of carbonyl (C=O) groups excluding carboxylic acids is 1. The molecule has 0 saturated carbocycles. The largest absolute Gasteiger partial charge is 0.359 e. The van der Waals surface area contributed by atoms with Gasteiger partial charge >= 0.3 is 0 Å². The summed E-state index contributed by atoms with van der Waals surface area (Å²) in [5, 5.41) is 6.87. The molecule has 4 heteroatoms. The van der Waals surface area contributed by atoms with Crippen molar-refractivity contribution in [2.75, 3.05) is 5.01 Å². The van der Waals surface area contributed by atoms with Gasteiger partial charge in [0.15, 0.2) is 0 Å². The standard InChI is InChI=1S/C13H13N3O/c1-8-5-10-3-4-11(7-12(10)14-8)16-13(17)6-9(2)15-16/h3-5,7,14H,6H2,1-2H3. The van der Waals surface area contributed by atoms with Crippen molar-refractivity contribution in [2.45, 2.75) is 20.3 Å². The number of hydrogen-bond donors (Lipinski definition) is 1. The third-order valence-electron chi connectivity index (χ3n) is 2.90. The van der Waals surface area contributed by atoms with E-state index in [0.29, 0.717) is 6.42 Å². The van der Waals surface area contributed by atoms with Gasteiger partial charge in [0.1, 0.15) is 0 Å². The lowest BCUT2D eigenvalue weighted by Gasteiger charge is -2.11. The first-order valence-electron chi connectivity index (χ1n) is 5.60. The van der Waals surface area contributed by atoms with Gasteiger partial charge in [0, 0.05) is 16.9 Å². The van der Waals surface area contributed by atoms with Crippen LogP contribution >= 0.6 is 0 Å². The second kappa shape index (κ2) is 3.45. The predicted octanol–water partition coefficient (Wildman–Crippen LogP) is 2.59. The van der Waals surface area contributed by atoms with Crippen molar-refractivity contribution in [1.82, 2.24) is 4.98 Å². The molecule has 0 atom stereocenters. The van der Waals surface area contributed by atoms with Crippen LogP contribution in [-0.2, 0) is 4.79 Å². The highest BCUT2D eigenvalue weighted by Gasteiger charge is 2.22. The number of benzene rings is 1. The normalized spacial score (nSPS) is 15.8. The zero-order chi connectivity index (χ0) is 12.0. The molecule has 3 rings (SSSR count). The number of hydrogen-bond acceptors (Lipinski definition) is 2. The molecular formula is C13H13N3O. The molecule has 1 aromatic carbocycles. The van der Waals surface area contributed by atoms with Crippen LogP contribution in [0.3, 0.4) is 0 Å². The van der Waals surface area contributed by atoms with Crippen molar-refractivity contribution >= 4 is 28.2 Å². The molecule has 0 spiro atoms. The average molecular weight is 227 g/mol. The zero-order valence-electron chi connectivity index (χ0n) is 9.82. The Labute approximate surface area is 98.9 Å². The highest BCUT2D eigenvalue weighted by molar-refractivity contribution is 6.12. The molecule has 2 heterocycles. The number of aryl methyl sites for hydroxylation is 1. The van der Waals surface area contributed by atoms with Crippen LogP contribution in [0.5, 0.6) is 0 Å². The minimum Gasteiger partial charge on any atom is -0.359 e. The van der Waals surface area contributed by atoms with Gasteiger partial charge in [-0.2, -0.15) is 5.10 Å². The first-order valence-corrected chi connectivity index (χ1v) is 5.60.